The van der Waals surface area contributed by atoms with Crippen LogP contribution in [0.4, 0.5) is 5.13 Å². The zero-order valence-corrected chi connectivity index (χ0v) is 17.3. The van der Waals surface area contributed by atoms with E-state index in [2.05, 4.69) is 26.2 Å². The monoisotopic (exact) mass is 450 g/mol. The van der Waals surface area contributed by atoms with Crippen LogP contribution in [0.15, 0.2) is 46.9 Å². The second kappa shape index (κ2) is 8.20. The van der Waals surface area contributed by atoms with Crippen LogP contribution in [0, 0.1) is 13.8 Å². The Morgan fingerprint density at radius 2 is 2.08 bits per heavy atom. The summed E-state index contributed by atoms with van der Waals surface area (Å²) in [5, 5.41) is 3.98. The van der Waals surface area contributed by atoms with E-state index < -0.39 is 0 Å². The average Bonchev–Trinajstić information content (AvgIpc) is 2.96. The first kappa shape index (κ1) is 18.9. The highest BCUT2D eigenvalue weighted by molar-refractivity contribution is 9.10. The predicted octanol–water partition coefficient (Wildman–Crippen LogP) is 5.86. The molecular weight excluding hydrogens is 436 g/mol. The van der Waals surface area contributed by atoms with Crippen molar-refractivity contribution in [1.82, 2.24) is 4.98 Å². The van der Waals surface area contributed by atoms with Gasteiger partial charge in [-0.25, -0.2) is 4.98 Å². The molecule has 1 aromatic heterocycles. The summed E-state index contributed by atoms with van der Waals surface area (Å²) < 4.78 is 6.54. The summed E-state index contributed by atoms with van der Waals surface area (Å²) in [6, 6.07) is 13.1. The largest absolute Gasteiger partial charge is 0.484 e. The van der Waals surface area contributed by atoms with Gasteiger partial charge in [0.2, 0.25) is 0 Å². The van der Waals surface area contributed by atoms with Crippen LogP contribution in [-0.4, -0.2) is 17.5 Å². The van der Waals surface area contributed by atoms with E-state index in [1.807, 2.05) is 56.3 Å². The Morgan fingerprint density at radius 1 is 1.27 bits per heavy atom. The molecule has 0 aliphatic carbocycles. The van der Waals surface area contributed by atoms with Crippen LogP contribution < -0.4 is 10.1 Å². The van der Waals surface area contributed by atoms with Crippen LogP contribution in [0.5, 0.6) is 5.75 Å². The number of carbonyl (C=O) groups excluding carboxylic acids is 1. The Hall–Kier alpha value is -1.89. The van der Waals surface area contributed by atoms with Gasteiger partial charge >= 0.3 is 0 Å². The molecule has 0 aliphatic rings. The highest BCUT2D eigenvalue weighted by Gasteiger charge is 2.13. The first-order valence-electron chi connectivity index (χ1n) is 7.84. The lowest BCUT2D eigenvalue weighted by atomic mass is 10.1. The number of ether oxygens (including phenoxy) is 1. The van der Waals surface area contributed by atoms with Gasteiger partial charge in [0.25, 0.3) is 5.91 Å². The van der Waals surface area contributed by atoms with Gasteiger partial charge in [-0.15, -0.1) is 11.3 Å². The van der Waals surface area contributed by atoms with E-state index in [-0.39, 0.29) is 12.5 Å². The van der Waals surface area contributed by atoms with E-state index in [1.54, 1.807) is 0 Å². The molecule has 0 bridgehead atoms. The summed E-state index contributed by atoms with van der Waals surface area (Å²) in [5.74, 6) is 0.396. The number of anilines is 1. The zero-order chi connectivity index (χ0) is 18.7. The molecule has 1 amide bonds. The third-order valence-corrected chi connectivity index (χ3v) is 5.65. The maximum atomic E-state index is 12.1. The van der Waals surface area contributed by atoms with Crippen molar-refractivity contribution >= 4 is 49.9 Å². The van der Waals surface area contributed by atoms with Gasteiger partial charge in [-0.3, -0.25) is 10.1 Å². The van der Waals surface area contributed by atoms with E-state index in [9.17, 15) is 4.79 Å². The van der Waals surface area contributed by atoms with Crippen molar-refractivity contribution < 1.29 is 9.53 Å². The van der Waals surface area contributed by atoms with Crippen LogP contribution >= 0.6 is 38.9 Å². The molecule has 0 saturated heterocycles. The molecule has 0 atom stereocenters. The number of rotatable bonds is 5. The third-order valence-electron chi connectivity index (χ3n) is 3.64. The maximum absolute atomic E-state index is 12.1. The fraction of sp³-hybridized carbons (Fsp3) is 0.158. The first-order chi connectivity index (χ1) is 12.4. The molecule has 1 heterocycles. The maximum Gasteiger partial charge on any atom is 0.264 e. The number of hydrogen-bond acceptors (Lipinski definition) is 4. The number of carbonyl (C=O) groups is 1. The lowest BCUT2D eigenvalue weighted by Crippen LogP contribution is -2.20. The molecule has 4 nitrogen and oxygen atoms in total. The zero-order valence-electron chi connectivity index (χ0n) is 14.2. The van der Waals surface area contributed by atoms with E-state index in [1.165, 1.54) is 11.3 Å². The molecule has 0 saturated carbocycles. The summed E-state index contributed by atoms with van der Waals surface area (Å²) in [7, 11) is 0. The number of thiazole rings is 1. The molecule has 3 aromatic rings. The van der Waals surface area contributed by atoms with Gasteiger partial charge in [0.15, 0.2) is 11.7 Å². The van der Waals surface area contributed by atoms with E-state index in [0.29, 0.717) is 15.9 Å². The number of aromatic nitrogens is 1. The highest BCUT2D eigenvalue weighted by Crippen LogP contribution is 2.31. The molecular formula is C19H16BrClN2O2S. The Kier molecular flexibility index (Phi) is 5.96. The minimum Gasteiger partial charge on any atom is -0.484 e. The van der Waals surface area contributed by atoms with Gasteiger partial charge in [-0.05, 0) is 49.7 Å². The van der Waals surface area contributed by atoms with Crippen LogP contribution in [0.1, 0.15) is 10.4 Å². The molecule has 2 aromatic carbocycles. The van der Waals surface area contributed by atoms with Crippen LogP contribution in [0.3, 0.4) is 0 Å². The molecule has 134 valence electrons. The molecule has 0 radical (unpaired) electrons. The summed E-state index contributed by atoms with van der Waals surface area (Å²) in [5.41, 5.74) is 2.79. The van der Waals surface area contributed by atoms with E-state index >= 15 is 0 Å². The standard InChI is InChI=1S/C19H16BrClN2O2S/c1-11-8-15(6-7-16(11)20)25-10-17(24)22-19-23-18(12(2)26-19)13-4-3-5-14(21)9-13/h3-9H,10H2,1-2H3,(H,22,23,24). The molecule has 0 spiro atoms. The molecule has 1 N–H and O–H groups in total. The van der Waals surface area contributed by atoms with Crippen molar-refractivity contribution in [3.63, 3.8) is 0 Å². The second-order valence-corrected chi connectivity index (χ2v) is 8.18. The molecule has 0 unspecified atom stereocenters. The minimum atomic E-state index is -0.253. The normalized spacial score (nSPS) is 10.6. The number of benzene rings is 2. The molecule has 3 rings (SSSR count). The minimum absolute atomic E-state index is 0.0772. The number of hydrogen-bond donors (Lipinski definition) is 1. The lowest BCUT2D eigenvalue weighted by molar-refractivity contribution is -0.118. The van der Waals surface area contributed by atoms with Gasteiger partial charge in [-0.1, -0.05) is 39.7 Å². The van der Waals surface area contributed by atoms with Gasteiger partial charge < -0.3 is 4.74 Å². The van der Waals surface area contributed by atoms with Crippen LogP contribution in [0.25, 0.3) is 11.3 Å². The van der Waals surface area contributed by atoms with Crippen molar-refractivity contribution in [2.24, 2.45) is 0 Å². The molecule has 7 heteroatoms. The second-order valence-electron chi connectivity index (χ2n) is 5.68. The number of aryl methyl sites for hydroxylation is 2. The van der Waals surface area contributed by atoms with E-state index in [4.69, 9.17) is 16.3 Å². The summed E-state index contributed by atoms with van der Waals surface area (Å²) in [6.45, 7) is 3.85. The topological polar surface area (TPSA) is 51.2 Å². The Bertz CT molecular complexity index is 958. The Morgan fingerprint density at radius 3 is 2.81 bits per heavy atom. The quantitative estimate of drug-likeness (QED) is 0.528. The van der Waals surface area contributed by atoms with Crippen molar-refractivity contribution in [3.05, 3.63) is 62.4 Å². The van der Waals surface area contributed by atoms with Crippen molar-refractivity contribution in [3.8, 4) is 17.0 Å². The fourth-order valence-corrected chi connectivity index (χ4v) is 3.65. The van der Waals surface area contributed by atoms with Gasteiger partial charge in [0, 0.05) is 19.9 Å². The number of halogens is 2. The van der Waals surface area contributed by atoms with Gasteiger partial charge in [0.05, 0.1) is 5.69 Å². The van der Waals surface area contributed by atoms with Crippen LogP contribution in [0.2, 0.25) is 5.02 Å². The predicted molar refractivity (Wildman–Crippen MR) is 110 cm³/mol. The average molecular weight is 452 g/mol. The summed E-state index contributed by atoms with van der Waals surface area (Å²) >= 11 is 10.9. The summed E-state index contributed by atoms with van der Waals surface area (Å²) in [6.07, 6.45) is 0. The number of nitrogens with zero attached hydrogens (tertiary/aromatic N) is 1. The SMILES string of the molecule is Cc1cc(OCC(=O)Nc2nc(-c3cccc(Cl)c3)c(C)s2)ccc1Br. The van der Waals surface area contributed by atoms with Crippen molar-refractivity contribution in [1.29, 1.82) is 0 Å². The Balaban J connectivity index is 1.64. The van der Waals surface area contributed by atoms with Crippen LogP contribution in [-0.2, 0) is 4.79 Å². The number of nitrogens with one attached hydrogen (secondary N) is 1. The molecule has 26 heavy (non-hydrogen) atoms. The number of amides is 1. The van der Waals surface area contributed by atoms with Crippen molar-refractivity contribution in [2.45, 2.75) is 13.8 Å². The van der Waals surface area contributed by atoms with E-state index in [0.717, 1.165) is 26.2 Å². The summed E-state index contributed by atoms with van der Waals surface area (Å²) in [4.78, 5) is 17.7. The molecule has 0 fully saturated rings. The molecule has 0 aliphatic heterocycles. The fourth-order valence-electron chi connectivity index (χ4n) is 2.36. The van der Waals surface area contributed by atoms with Gasteiger partial charge in [0.1, 0.15) is 5.75 Å². The highest BCUT2D eigenvalue weighted by atomic mass is 79.9. The first-order valence-corrected chi connectivity index (χ1v) is 9.83. The van der Waals surface area contributed by atoms with Gasteiger partial charge in [-0.2, -0.15) is 0 Å². The third kappa shape index (κ3) is 4.63. The smallest absolute Gasteiger partial charge is 0.264 e. The Labute approximate surface area is 169 Å². The van der Waals surface area contributed by atoms with Crippen molar-refractivity contribution in [2.75, 3.05) is 11.9 Å². The lowest BCUT2D eigenvalue weighted by Gasteiger charge is -2.07.